The molecule has 3 rings (SSSR count). The number of ether oxygens (including phenoxy) is 1. The summed E-state index contributed by atoms with van der Waals surface area (Å²) in [5.74, 6) is 2.01. The van der Waals surface area contributed by atoms with Crippen LogP contribution in [0.1, 0.15) is 36.0 Å². The fourth-order valence-electron chi connectivity index (χ4n) is 4.17. The molecule has 0 spiro atoms. The molecule has 1 N–H and O–H groups in total. The summed E-state index contributed by atoms with van der Waals surface area (Å²) in [6.45, 7) is 0.206. The van der Waals surface area contributed by atoms with Gasteiger partial charge in [-0.05, 0) is 79.2 Å². The van der Waals surface area contributed by atoms with Gasteiger partial charge in [-0.3, -0.25) is 0 Å². The minimum Gasteiger partial charge on any atom is -0.665 e. The number of rotatable bonds is 8. The molecule has 1 radical (unpaired) electrons. The first kappa shape index (κ1) is 22.9. The molecule has 2 aromatic rings. The van der Waals surface area contributed by atoms with Crippen molar-refractivity contribution in [3.05, 3.63) is 72.3 Å². The number of aryl methyl sites for hydroxylation is 1. The first-order valence-electron chi connectivity index (χ1n) is 9.53. The van der Waals surface area contributed by atoms with Crippen molar-refractivity contribution in [2.75, 3.05) is 6.61 Å². The predicted molar refractivity (Wildman–Crippen MR) is 108 cm³/mol. The number of alkyl halides is 1. The number of halogens is 1. The van der Waals surface area contributed by atoms with E-state index < -0.39 is 0 Å². The number of benzene rings is 2. The minimum atomic E-state index is 0. The number of hydrogen-bond acceptors (Lipinski definition) is 2. The van der Waals surface area contributed by atoms with E-state index in [0.717, 1.165) is 37.9 Å². The predicted octanol–water partition coefficient (Wildman–Crippen LogP) is 5.20. The smallest absolute Gasteiger partial charge is 0.0845 e. The molecule has 1 unspecified atom stereocenters. The molecule has 3 atom stereocenters. The van der Waals surface area contributed by atoms with Crippen LogP contribution in [0.4, 0.5) is 0 Å². The summed E-state index contributed by atoms with van der Waals surface area (Å²) in [4.78, 5) is 0. The molecule has 27 heavy (non-hydrogen) atoms. The molecule has 0 aromatic heterocycles. The summed E-state index contributed by atoms with van der Waals surface area (Å²) in [6, 6.07) is 16.9. The van der Waals surface area contributed by atoms with E-state index >= 15 is 0 Å². The summed E-state index contributed by atoms with van der Waals surface area (Å²) >= 11 is 6.67. The molecular weight excluding hydrogens is 433 g/mol. The van der Waals surface area contributed by atoms with Gasteiger partial charge in [-0.1, -0.05) is 36.4 Å². The standard InChI is InChI=1S/C23H28ClO2.Y/c1-26-21-4-2-3-19(16-21)15-20-10-12-23(24)22(20)11-9-17-5-7-18(8-6-17)13-14-25;/h2-8,16,20,22-23,25H,1,9-15H2;/q-1;/t20-,22-,23?;/m1./s1. The van der Waals surface area contributed by atoms with Gasteiger partial charge < -0.3 is 9.84 Å². The van der Waals surface area contributed by atoms with Crippen molar-refractivity contribution in [1.82, 2.24) is 0 Å². The van der Waals surface area contributed by atoms with Crippen LogP contribution >= 0.6 is 11.6 Å². The summed E-state index contributed by atoms with van der Waals surface area (Å²) in [5, 5.41) is 9.30. The second-order valence-corrected chi connectivity index (χ2v) is 7.90. The molecule has 143 valence electrons. The SMILES string of the molecule is [CH2-]Oc1cccc(C[C@H]2CCC(Cl)[C@@H]2CCc2ccc(CCO)cc2)c1.[Y]. The molecule has 2 nitrogen and oxygen atoms in total. The summed E-state index contributed by atoms with van der Waals surface area (Å²) in [5.41, 5.74) is 3.85. The third kappa shape index (κ3) is 6.56. The van der Waals surface area contributed by atoms with Crippen LogP contribution in [0.2, 0.25) is 0 Å². The van der Waals surface area contributed by atoms with Crippen molar-refractivity contribution >= 4 is 11.6 Å². The Kier molecular flexibility index (Phi) is 9.80. The molecule has 1 fully saturated rings. The van der Waals surface area contributed by atoms with E-state index in [4.69, 9.17) is 21.4 Å². The maximum Gasteiger partial charge on any atom is 0.0845 e. The van der Waals surface area contributed by atoms with Gasteiger partial charge in [-0.25, -0.2) is 0 Å². The van der Waals surface area contributed by atoms with Gasteiger partial charge in [0.15, 0.2) is 0 Å². The molecule has 4 heteroatoms. The molecule has 0 aliphatic heterocycles. The zero-order valence-electron chi connectivity index (χ0n) is 15.8. The van der Waals surface area contributed by atoms with Crippen molar-refractivity contribution in [2.24, 2.45) is 11.8 Å². The Morgan fingerprint density at radius 2 is 1.70 bits per heavy atom. The molecule has 1 aliphatic rings. The van der Waals surface area contributed by atoms with Gasteiger partial charge in [0.2, 0.25) is 0 Å². The summed E-state index contributed by atoms with van der Waals surface area (Å²) < 4.78 is 5.11. The van der Waals surface area contributed by atoms with Crippen LogP contribution in [-0.2, 0) is 52.0 Å². The fraction of sp³-hybridized carbons (Fsp3) is 0.435. The number of hydrogen-bond donors (Lipinski definition) is 1. The largest absolute Gasteiger partial charge is 0.665 e. The van der Waals surface area contributed by atoms with E-state index in [1.807, 2.05) is 12.1 Å². The zero-order chi connectivity index (χ0) is 18.4. The second kappa shape index (κ2) is 11.6. The Hall–Kier alpha value is -0.406. The Morgan fingerprint density at radius 3 is 2.37 bits per heavy atom. The van der Waals surface area contributed by atoms with Gasteiger partial charge in [0.25, 0.3) is 0 Å². The van der Waals surface area contributed by atoms with E-state index in [1.54, 1.807) is 0 Å². The molecule has 1 saturated carbocycles. The van der Waals surface area contributed by atoms with Crippen molar-refractivity contribution in [3.63, 3.8) is 0 Å². The second-order valence-electron chi connectivity index (χ2n) is 7.34. The van der Waals surface area contributed by atoms with E-state index in [1.165, 1.54) is 23.1 Å². The fourth-order valence-corrected chi connectivity index (χ4v) is 4.62. The molecular formula is C23H28ClO2Y-. The van der Waals surface area contributed by atoms with Crippen LogP contribution in [0.3, 0.4) is 0 Å². The van der Waals surface area contributed by atoms with Crippen LogP contribution in [0, 0.1) is 18.9 Å². The van der Waals surface area contributed by atoms with Gasteiger partial charge in [-0.15, -0.1) is 11.6 Å². The van der Waals surface area contributed by atoms with Crippen LogP contribution in [0.5, 0.6) is 5.75 Å². The van der Waals surface area contributed by atoms with E-state index in [-0.39, 0.29) is 44.7 Å². The molecule has 1 aliphatic carbocycles. The Balaban J connectivity index is 0.00000261. The van der Waals surface area contributed by atoms with Gasteiger partial charge in [0, 0.05) is 44.7 Å². The van der Waals surface area contributed by atoms with Crippen molar-refractivity contribution in [1.29, 1.82) is 0 Å². The summed E-state index contributed by atoms with van der Waals surface area (Å²) in [6.07, 6.45) is 6.28. The maximum atomic E-state index is 9.02. The quantitative estimate of drug-likeness (QED) is 0.433. The van der Waals surface area contributed by atoms with Gasteiger partial charge in [-0.2, -0.15) is 7.11 Å². The normalized spacial score (nSPS) is 21.7. The van der Waals surface area contributed by atoms with E-state index in [0.29, 0.717) is 11.8 Å². The number of aliphatic hydroxyl groups excluding tert-OH is 1. The van der Waals surface area contributed by atoms with Gasteiger partial charge in [0.05, 0.1) is 5.75 Å². The number of aliphatic hydroxyl groups is 1. The first-order valence-corrected chi connectivity index (χ1v) is 9.97. The van der Waals surface area contributed by atoms with E-state index in [9.17, 15) is 0 Å². The Bertz CT molecular complexity index is 689. The zero-order valence-corrected chi connectivity index (χ0v) is 19.4. The van der Waals surface area contributed by atoms with Gasteiger partial charge in [0.1, 0.15) is 0 Å². The van der Waals surface area contributed by atoms with E-state index in [2.05, 4.69) is 43.5 Å². The average Bonchev–Trinajstić information content (AvgIpc) is 3.01. The molecule has 0 heterocycles. The third-order valence-electron chi connectivity index (χ3n) is 5.64. The van der Waals surface area contributed by atoms with Crippen molar-refractivity contribution in [2.45, 2.75) is 43.9 Å². The molecule has 0 bridgehead atoms. The summed E-state index contributed by atoms with van der Waals surface area (Å²) in [7, 11) is 3.50. The minimum absolute atomic E-state index is 0. The van der Waals surface area contributed by atoms with Crippen LogP contribution < -0.4 is 4.74 Å². The topological polar surface area (TPSA) is 29.5 Å². The molecule has 2 aromatic carbocycles. The molecule has 0 saturated heterocycles. The van der Waals surface area contributed by atoms with Crippen molar-refractivity contribution in [3.8, 4) is 5.75 Å². The monoisotopic (exact) mass is 460 g/mol. The average molecular weight is 461 g/mol. The Morgan fingerprint density at radius 1 is 1.00 bits per heavy atom. The first-order chi connectivity index (χ1) is 12.7. The van der Waals surface area contributed by atoms with Crippen LogP contribution in [0.15, 0.2) is 48.5 Å². The van der Waals surface area contributed by atoms with Gasteiger partial charge >= 0.3 is 0 Å². The maximum absolute atomic E-state index is 9.02. The van der Waals surface area contributed by atoms with Crippen molar-refractivity contribution < 1.29 is 42.6 Å². The van der Waals surface area contributed by atoms with Crippen LogP contribution in [0.25, 0.3) is 0 Å². The van der Waals surface area contributed by atoms with Crippen LogP contribution in [-0.4, -0.2) is 17.1 Å². The Labute approximate surface area is 193 Å². The third-order valence-corrected chi connectivity index (χ3v) is 6.18. The molecule has 0 amide bonds.